The molecule has 58 valence electrons. The van der Waals surface area contributed by atoms with Gasteiger partial charge in [-0.15, -0.1) is 0 Å². The van der Waals surface area contributed by atoms with Gasteiger partial charge in [-0.25, -0.2) is 8.78 Å². The molecule has 1 aliphatic carbocycles. The standard InChI is InChI=1S/C6H8F2O2/c7-6(8)3-1-2-4(9)5(6)10/h1-2,4-5,9-10H,3H2/t4-,5-/m0/s1. The van der Waals surface area contributed by atoms with E-state index in [2.05, 4.69) is 0 Å². The number of hydrogen-bond acceptors (Lipinski definition) is 2. The summed E-state index contributed by atoms with van der Waals surface area (Å²) in [6, 6.07) is 0. The van der Waals surface area contributed by atoms with Crippen LogP contribution in [-0.4, -0.2) is 28.3 Å². The molecule has 2 atom stereocenters. The van der Waals surface area contributed by atoms with Gasteiger partial charge >= 0.3 is 0 Å². The molecule has 1 aliphatic rings. The van der Waals surface area contributed by atoms with Gasteiger partial charge in [-0.1, -0.05) is 12.2 Å². The normalized spacial score (nSPS) is 38.0. The van der Waals surface area contributed by atoms with Crippen LogP contribution in [0.4, 0.5) is 8.78 Å². The monoisotopic (exact) mass is 150 g/mol. The van der Waals surface area contributed by atoms with Crippen molar-refractivity contribution in [3.05, 3.63) is 12.2 Å². The predicted octanol–water partition coefficient (Wildman–Crippen LogP) is 0.303. The average Bonchev–Trinajstić information content (AvgIpc) is 1.83. The Morgan fingerprint density at radius 2 is 2.00 bits per heavy atom. The molecule has 0 unspecified atom stereocenters. The van der Waals surface area contributed by atoms with E-state index in [0.717, 1.165) is 6.08 Å². The highest BCUT2D eigenvalue weighted by Crippen LogP contribution is 2.29. The molecule has 0 fully saturated rings. The zero-order valence-corrected chi connectivity index (χ0v) is 5.17. The lowest BCUT2D eigenvalue weighted by Gasteiger charge is -2.27. The highest BCUT2D eigenvalue weighted by Gasteiger charge is 2.43. The Balaban J connectivity index is 2.75. The topological polar surface area (TPSA) is 40.5 Å². The minimum Gasteiger partial charge on any atom is -0.386 e. The summed E-state index contributed by atoms with van der Waals surface area (Å²) in [7, 11) is 0. The lowest BCUT2D eigenvalue weighted by Crippen LogP contribution is -2.43. The molecule has 4 heteroatoms. The average molecular weight is 150 g/mol. The zero-order valence-electron chi connectivity index (χ0n) is 5.17. The summed E-state index contributed by atoms with van der Waals surface area (Å²) in [6.07, 6.45) is -1.54. The minimum atomic E-state index is -3.17. The molecule has 0 radical (unpaired) electrons. The molecular weight excluding hydrogens is 142 g/mol. The van der Waals surface area contributed by atoms with Crippen molar-refractivity contribution in [3.63, 3.8) is 0 Å². The fourth-order valence-electron chi connectivity index (χ4n) is 0.840. The molecule has 1 rings (SSSR count). The van der Waals surface area contributed by atoms with Gasteiger partial charge in [0.25, 0.3) is 5.92 Å². The van der Waals surface area contributed by atoms with Crippen molar-refractivity contribution in [2.24, 2.45) is 0 Å². The summed E-state index contributed by atoms with van der Waals surface area (Å²) in [5.74, 6) is -3.17. The minimum absolute atomic E-state index is 0.495. The van der Waals surface area contributed by atoms with Crippen LogP contribution in [0, 0.1) is 0 Å². The summed E-state index contributed by atoms with van der Waals surface area (Å²) in [5.41, 5.74) is 0. The first-order chi connectivity index (χ1) is 4.54. The molecule has 0 aromatic rings. The molecule has 0 amide bonds. The summed E-state index contributed by atoms with van der Waals surface area (Å²) < 4.78 is 24.8. The van der Waals surface area contributed by atoms with Crippen LogP contribution in [0.2, 0.25) is 0 Å². The van der Waals surface area contributed by atoms with Gasteiger partial charge in [-0.05, 0) is 0 Å². The van der Waals surface area contributed by atoms with E-state index in [-0.39, 0.29) is 0 Å². The first-order valence-electron chi connectivity index (χ1n) is 2.94. The van der Waals surface area contributed by atoms with Gasteiger partial charge in [0.2, 0.25) is 0 Å². The van der Waals surface area contributed by atoms with Gasteiger partial charge in [0.15, 0.2) is 0 Å². The van der Waals surface area contributed by atoms with Crippen LogP contribution in [0.5, 0.6) is 0 Å². The van der Waals surface area contributed by atoms with Crippen LogP contribution in [-0.2, 0) is 0 Å². The number of aliphatic hydroxyl groups excluding tert-OH is 2. The van der Waals surface area contributed by atoms with Crippen LogP contribution < -0.4 is 0 Å². The molecule has 0 aliphatic heterocycles. The van der Waals surface area contributed by atoms with E-state index in [0.29, 0.717) is 0 Å². The van der Waals surface area contributed by atoms with Crippen molar-refractivity contribution in [2.45, 2.75) is 24.6 Å². The molecule has 0 aromatic heterocycles. The number of rotatable bonds is 0. The van der Waals surface area contributed by atoms with Crippen LogP contribution in [0.25, 0.3) is 0 Å². The Labute approximate surface area is 56.8 Å². The van der Waals surface area contributed by atoms with Crippen molar-refractivity contribution in [1.29, 1.82) is 0 Å². The molecule has 0 aromatic carbocycles. The Morgan fingerprint density at radius 1 is 1.40 bits per heavy atom. The Hall–Kier alpha value is -0.480. The summed E-state index contributed by atoms with van der Waals surface area (Å²) >= 11 is 0. The molecule has 0 saturated carbocycles. The number of hydrogen-bond donors (Lipinski definition) is 2. The SMILES string of the molecule is O[C@H]1C=CCC(F)(F)[C@H]1O. The predicted molar refractivity (Wildman–Crippen MR) is 30.7 cm³/mol. The molecule has 0 heterocycles. The lowest BCUT2D eigenvalue weighted by atomic mass is 9.98. The van der Waals surface area contributed by atoms with Crippen molar-refractivity contribution in [3.8, 4) is 0 Å². The molecule has 10 heavy (non-hydrogen) atoms. The van der Waals surface area contributed by atoms with Crippen molar-refractivity contribution >= 4 is 0 Å². The zero-order chi connectivity index (χ0) is 7.78. The van der Waals surface area contributed by atoms with E-state index >= 15 is 0 Å². The van der Waals surface area contributed by atoms with Crippen molar-refractivity contribution < 1.29 is 19.0 Å². The summed E-state index contributed by atoms with van der Waals surface area (Å²) in [6.45, 7) is 0. The number of allylic oxidation sites excluding steroid dienone is 1. The van der Waals surface area contributed by atoms with Gasteiger partial charge in [0.1, 0.15) is 12.2 Å². The largest absolute Gasteiger partial charge is 0.386 e. The van der Waals surface area contributed by atoms with Gasteiger partial charge in [0, 0.05) is 6.42 Å². The van der Waals surface area contributed by atoms with E-state index in [1.807, 2.05) is 0 Å². The summed E-state index contributed by atoms with van der Waals surface area (Å²) in [5, 5.41) is 17.4. The maximum absolute atomic E-state index is 12.4. The summed E-state index contributed by atoms with van der Waals surface area (Å²) in [4.78, 5) is 0. The van der Waals surface area contributed by atoms with Crippen molar-refractivity contribution in [2.75, 3.05) is 0 Å². The van der Waals surface area contributed by atoms with E-state index in [9.17, 15) is 8.78 Å². The lowest BCUT2D eigenvalue weighted by molar-refractivity contribution is -0.144. The Bertz CT molecular complexity index is 156. The number of alkyl halides is 2. The van der Waals surface area contributed by atoms with Gasteiger partial charge in [-0.2, -0.15) is 0 Å². The Morgan fingerprint density at radius 3 is 2.40 bits per heavy atom. The molecule has 0 spiro atoms. The van der Waals surface area contributed by atoms with Gasteiger partial charge in [0.05, 0.1) is 0 Å². The van der Waals surface area contributed by atoms with Crippen LogP contribution in [0.15, 0.2) is 12.2 Å². The first-order valence-corrected chi connectivity index (χ1v) is 2.94. The third kappa shape index (κ3) is 1.17. The quantitative estimate of drug-likeness (QED) is 0.488. The fourth-order valence-corrected chi connectivity index (χ4v) is 0.840. The Kier molecular flexibility index (Phi) is 1.74. The van der Waals surface area contributed by atoms with Gasteiger partial charge < -0.3 is 10.2 Å². The highest BCUT2D eigenvalue weighted by atomic mass is 19.3. The molecule has 0 bridgehead atoms. The second-order valence-corrected chi connectivity index (χ2v) is 2.33. The van der Waals surface area contributed by atoms with Crippen LogP contribution in [0.3, 0.4) is 0 Å². The van der Waals surface area contributed by atoms with E-state index in [4.69, 9.17) is 10.2 Å². The van der Waals surface area contributed by atoms with Crippen LogP contribution >= 0.6 is 0 Å². The van der Waals surface area contributed by atoms with E-state index in [1.54, 1.807) is 0 Å². The van der Waals surface area contributed by atoms with Crippen LogP contribution in [0.1, 0.15) is 6.42 Å². The molecule has 2 N–H and O–H groups in total. The number of halogens is 2. The highest BCUT2D eigenvalue weighted by molar-refractivity contribution is 5.05. The van der Waals surface area contributed by atoms with E-state index < -0.39 is 24.6 Å². The smallest absolute Gasteiger partial charge is 0.279 e. The third-order valence-corrected chi connectivity index (χ3v) is 1.48. The second kappa shape index (κ2) is 2.29. The fraction of sp³-hybridized carbons (Fsp3) is 0.667. The van der Waals surface area contributed by atoms with Gasteiger partial charge in [-0.3, -0.25) is 0 Å². The molecule has 2 nitrogen and oxygen atoms in total. The first kappa shape index (κ1) is 7.63. The van der Waals surface area contributed by atoms with Crippen molar-refractivity contribution in [1.82, 2.24) is 0 Å². The maximum atomic E-state index is 12.4. The van der Waals surface area contributed by atoms with E-state index in [1.165, 1.54) is 6.08 Å². The second-order valence-electron chi connectivity index (χ2n) is 2.33. The molecule has 0 saturated heterocycles. The third-order valence-electron chi connectivity index (χ3n) is 1.48. The molecular formula is C6H8F2O2. The number of aliphatic hydroxyl groups is 2. The maximum Gasteiger partial charge on any atom is 0.279 e.